The number of likely N-dealkylation sites (tertiary alicyclic amines) is 1. The smallest absolute Gasteiger partial charge is 0.239 e. The Balaban J connectivity index is 1.86. The molecule has 2 aliphatic heterocycles. The summed E-state index contributed by atoms with van der Waals surface area (Å²) in [5.41, 5.74) is -0.195. The van der Waals surface area contributed by atoms with Crippen LogP contribution in [-0.2, 0) is 4.79 Å². The van der Waals surface area contributed by atoms with E-state index in [9.17, 15) is 9.18 Å². The lowest BCUT2D eigenvalue weighted by Gasteiger charge is -2.38. The normalized spacial score (nSPS) is 29.4. The maximum Gasteiger partial charge on any atom is 0.239 e. The van der Waals surface area contributed by atoms with Gasteiger partial charge in [-0.05, 0) is 37.6 Å². The zero-order valence-electron chi connectivity index (χ0n) is 9.97. The van der Waals surface area contributed by atoms with Crippen LogP contribution in [0.3, 0.4) is 0 Å². The second-order valence-corrected chi connectivity index (χ2v) is 5.42. The van der Waals surface area contributed by atoms with Gasteiger partial charge in [0.15, 0.2) is 0 Å². The molecule has 0 aliphatic carbocycles. The highest BCUT2D eigenvalue weighted by Gasteiger charge is 2.34. The van der Waals surface area contributed by atoms with E-state index in [4.69, 9.17) is 0 Å². The van der Waals surface area contributed by atoms with Gasteiger partial charge in [0.05, 0.1) is 12.7 Å². The number of alkyl halides is 1. The maximum absolute atomic E-state index is 12.8. The fourth-order valence-corrected chi connectivity index (χ4v) is 2.52. The molecule has 92 valence electrons. The first-order chi connectivity index (χ1) is 7.64. The molecule has 2 fully saturated rings. The molecule has 1 amide bonds. The topological polar surface area (TPSA) is 32.3 Å². The molecule has 3 nitrogen and oxygen atoms in total. The van der Waals surface area contributed by atoms with Crippen molar-refractivity contribution in [3.63, 3.8) is 0 Å². The maximum atomic E-state index is 12.8. The number of carbonyl (C=O) groups excluding carboxylic acids is 1. The molecule has 16 heavy (non-hydrogen) atoms. The zero-order valence-corrected chi connectivity index (χ0v) is 9.97. The van der Waals surface area contributed by atoms with Gasteiger partial charge in [0.25, 0.3) is 0 Å². The summed E-state index contributed by atoms with van der Waals surface area (Å²) in [6.07, 6.45) is 3.63. The fraction of sp³-hybridized carbons (Fsp3) is 0.917. The molecule has 0 aromatic rings. The van der Waals surface area contributed by atoms with Crippen molar-refractivity contribution < 1.29 is 9.18 Å². The Morgan fingerprint density at radius 1 is 1.50 bits per heavy atom. The van der Waals surface area contributed by atoms with Gasteiger partial charge in [-0.2, -0.15) is 0 Å². The quantitative estimate of drug-likeness (QED) is 0.773. The summed E-state index contributed by atoms with van der Waals surface area (Å²) in [5.74, 6) is 0.221. The molecule has 0 bridgehead atoms. The summed E-state index contributed by atoms with van der Waals surface area (Å²) in [4.78, 5) is 14.0. The first-order valence-electron chi connectivity index (χ1n) is 6.23. The Morgan fingerprint density at radius 2 is 2.19 bits per heavy atom. The van der Waals surface area contributed by atoms with Crippen LogP contribution < -0.4 is 5.32 Å². The predicted molar refractivity (Wildman–Crippen MR) is 60.9 cm³/mol. The Labute approximate surface area is 96.4 Å². The minimum atomic E-state index is -0.267. The molecular formula is C12H21FN2O. The minimum Gasteiger partial charge on any atom is -0.341 e. The predicted octanol–water partition coefficient (Wildman–Crippen LogP) is 1.34. The summed E-state index contributed by atoms with van der Waals surface area (Å²) < 4.78 is 12.8. The van der Waals surface area contributed by atoms with Crippen molar-refractivity contribution >= 4 is 5.91 Å². The SMILES string of the molecule is CC1(CF)CCN(C(=O)C2CCCN2)CC1. The first-order valence-corrected chi connectivity index (χ1v) is 6.23. The molecule has 1 N–H and O–H groups in total. The number of amides is 1. The number of hydrogen-bond acceptors (Lipinski definition) is 2. The van der Waals surface area contributed by atoms with Crippen LogP contribution in [0, 0.1) is 5.41 Å². The van der Waals surface area contributed by atoms with Crippen LogP contribution in [0.1, 0.15) is 32.6 Å². The third kappa shape index (κ3) is 2.37. The van der Waals surface area contributed by atoms with Crippen LogP contribution in [0.5, 0.6) is 0 Å². The molecule has 2 heterocycles. The van der Waals surface area contributed by atoms with Gasteiger partial charge in [-0.1, -0.05) is 6.92 Å². The van der Waals surface area contributed by atoms with E-state index >= 15 is 0 Å². The number of piperidine rings is 1. The molecule has 0 radical (unpaired) electrons. The van der Waals surface area contributed by atoms with Gasteiger partial charge >= 0.3 is 0 Å². The Bertz CT molecular complexity index is 256. The minimum absolute atomic E-state index is 0.0229. The lowest BCUT2D eigenvalue weighted by atomic mass is 9.81. The van der Waals surface area contributed by atoms with Crippen molar-refractivity contribution in [1.82, 2.24) is 10.2 Å². The van der Waals surface area contributed by atoms with Crippen molar-refractivity contribution in [3.05, 3.63) is 0 Å². The molecule has 0 aromatic heterocycles. The summed E-state index contributed by atoms with van der Waals surface area (Å²) in [6.45, 7) is 4.10. The van der Waals surface area contributed by atoms with Crippen molar-refractivity contribution in [3.8, 4) is 0 Å². The standard InChI is InChI=1S/C12H21FN2O/c1-12(9-13)4-7-15(8-5-12)11(16)10-3-2-6-14-10/h10,14H,2-9H2,1H3. The van der Waals surface area contributed by atoms with Crippen LogP contribution in [0.4, 0.5) is 4.39 Å². The lowest BCUT2D eigenvalue weighted by molar-refractivity contribution is -0.135. The van der Waals surface area contributed by atoms with Crippen molar-refractivity contribution in [2.75, 3.05) is 26.3 Å². The van der Waals surface area contributed by atoms with Crippen molar-refractivity contribution in [2.45, 2.75) is 38.6 Å². The van der Waals surface area contributed by atoms with Crippen LogP contribution in [-0.4, -0.2) is 43.2 Å². The highest BCUT2D eigenvalue weighted by molar-refractivity contribution is 5.82. The Hall–Kier alpha value is -0.640. The number of hydrogen-bond donors (Lipinski definition) is 1. The van der Waals surface area contributed by atoms with Crippen LogP contribution >= 0.6 is 0 Å². The fourth-order valence-electron chi connectivity index (χ4n) is 2.52. The molecule has 1 unspecified atom stereocenters. The van der Waals surface area contributed by atoms with Gasteiger partial charge in [-0.3, -0.25) is 9.18 Å². The van der Waals surface area contributed by atoms with E-state index in [1.807, 2.05) is 11.8 Å². The van der Waals surface area contributed by atoms with Gasteiger partial charge in [0.1, 0.15) is 0 Å². The Kier molecular flexibility index (Phi) is 3.47. The second kappa shape index (κ2) is 4.70. The van der Waals surface area contributed by atoms with E-state index in [-0.39, 0.29) is 24.0 Å². The molecule has 0 spiro atoms. The highest BCUT2D eigenvalue weighted by atomic mass is 19.1. The summed E-state index contributed by atoms with van der Waals surface area (Å²) in [7, 11) is 0. The zero-order chi connectivity index (χ0) is 11.6. The van der Waals surface area contributed by atoms with Gasteiger partial charge in [0.2, 0.25) is 5.91 Å². The van der Waals surface area contributed by atoms with E-state index in [0.29, 0.717) is 0 Å². The molecule has 2 rings (SSSR count). The molecule has 2 aliphatic rings. The van der Waals surface area contributed by atoms with E-state index in [1.165, 1.54) is 0 Å². The third-order valence-electron chi connectivity index (χ3n) is 3.96. The van der Waals surface area contributed by atoms with E-state index in [0.717, 1.165) is 45.3 Å². The molecule has 0 saturated carbocycles. The van der Waals surface area contributed by atoms with Crippen molar-refractivity contribution in [2.24, 2.45) is 5.41 Å². The molecule has 1 atom stereocenters. The van der Waals surface area contributed by atoms with Gasteiger partial charge in [-0.15, -0.1) is 0 Å². The van der Waals surface area contributed by atoms with Crippen LogP contribution in [0.2, 0.25) is 0 Å². The second-order valence-electron chi connectivity index (χ2n) is 5.42. The number of rotatable bonds is 2. The average molecular weight is 228 g/mol. The number of carbonyl (C=O) groups is 1. The molecule has 2 saturated heterocycles. The van der Waals surface area contributed by atoms with Crippen LogP contribution in [0.25, 0.3) is 0 Å². The molecular weight excluding hydrogens is 207 g/mol. The van der Waals surface area contributed by atoms with Gasteiger partial charge in [-0.25, -0.2) is 0 Å². The highest BCUT2D eigenvalue weighted by Crippen LogP contribution is 2.31. The van der Waals surface area contributed by atoms with Gasteiger partial charge in [0, 0.05) is 13.1 Å². The van der Waals surface area contributed by atoms with Crippen LogP contribution in [0.15, 0.2) is 0 Å². The average Bonchev–Trinajstić information content (AvgIpc) is 2.83. The lowest BCUT2D eigenvalue weighted by Crippen LogP contribution is -2.49. The molecule has 0 aromatic carbocycles. The summed E-state index contributed by atoms with van der Waals surface area (Å²) >= 11 is 0. The first kappa shape index (κ1) is 11.8. The van der Waals surface area contributed by atoms with Crippen molar-refractivity contribution in [1.29, 1.82) is 0 Å². The molecule has 4 heteroatoms. The monoisotopic (exact) mass is 228 g/mol. The third-order valence-corrected chi connectivity index (χ3v) is 3.96. The summed E-state index contributed by atoms with van der Waals surface area (Å²) in [5, 5.41) is 3.22. The Morgan fingerprint density at radius 3 is 2.69 bits per heavy atom. The summed E-state index contributed by atoms with van der Waals surface area (Å²) in [6, 6.07) is 0.0229. The van der Waals surface area contributed by atoms with Gasteiger partial charge < -0.3 is 10.2 Å². The van der Waals surface area contributed by atoms with E-state index in [2.05, 4.69) is 5.32 Å². The van der Waals surface area contributed by atoms with E-state index < -0.39 is 0 Å². The number of nitrogens with one attached hydrogen (secondary N) is 1. The number of halogens is 1. The van der Waals surface area contributed by atoms with E-state index in [1.54, 1.807) is 0 Å². The number of nitrogens with zero attached hydrogens (tertiary/aromatic N) is 1. The largest absolute Gasteiger partial charge is 0.341 e.